The standard InChI is InChI=1S/C11H10ClNO/c12-11-7-9(8-14)4-5-10(11)3-1-2-6-13/h4-5,7-8H,2,6,13H2. The summed E-state index contributed by atoms with van der Waals surface area (Å²) >= 11 is 5.89. The molecule has 0 amide bonds. The van der Waals surface area contributed by atoms with Gasteiger partial charge in [-0.05, 0) is 12.1 Å². The molecule has 0 spiro atoms. The Balaban J connectivity index is 2.90. The molecule has 0 saturated carbocycles. The van der Waals surface area contributed by atoms with Gasteiger partial charge in [-0.15, -0.1) is 0 Å². The second kappa shape index (κ2) is 5.43. The molecule has 0 unspecified atom stereocenters. The third kappa shape index (κ3) is 2.88. The molecule has 0 saturated heterocycles. The molecule has 0 atom stereocenters. The lowest BCUT2D eigenvalue weighted by atomic mass is 10.1. The summed E-state index contributed by atoms with van der Waals surface area (Å²) in [6.45, 7) is 0.539. The largest absolute Gasteiger partial charge is 0.330 e. The van der Waals surface area contributed by atoms with Crippen molar-refractivity contribution in [3.05, 3.63) is 34.3 Å². The molecule has 0 aliphatic rings. The van der Waals surface area contributed by atoms with Crippen LogP contribution in [0.25, 0.3) is 0 Å². The van der Waals surface area contributed by atoms with Crippen LogP contribution in [0.4, 0.5) is 0 Å². The first-order chi connectivity index (χ1) is 6.77. The monoisotopic (exact) mass is 207 g/mol. The molecule has 2 N–H and O–H groups in total. The number of carbonyl (C=O) groups is 1. The third-order valence-corrected chi connectivity index (χ3v) is 1.93. The van der Waals surface area contributed by atoms with Crippen molar-refractivity contribution in [3.8, 4) is 11.8 Å². The number of hydrogen-bond donors (Lipinski definition) is 1. The Kier molecular flexibility index (Phi) is 4.18. The minimum atomic E-state index is 0.499. The Morgan fingerprint density at radius 2 is 2.29 bits per heavy atom. The zero-order valence-corrected chi connectivity index (χ0v) is 8.34. The normalized spacial score (nSPS) is 9.00. The highest BCUT2D eigenvalue weighted by atomic mass is 35.5. The van der Waals surface area contributed by atoms with E-state index < -0.39 is 0 Å². The predicted octanol–water partition coefficient (Wildman–Crippen LogP) is 1.85. The summed E-state index contributed by atoms with van der Waals surface area (Å²) in [6, 6.07) is 5.02. The van der Waals surface area contributed by atoms with E-state index in [1.54, 1.807) is 18.2 Å². The number of nitrogens with two attached hydrogens (primary N) is 1. The maximum absolute atomic E-state index is 10.4. The number of benzene rings is 1. The predicted molar refractivity (Wildman–Crippen MR) is 57.4 cm³/mol. The molecule has 0 radical (unpaired) electrons. The fourth-order valence-electron chi connectivity index (χ4n) is 0.936. The molecule has 1 aromatic carbocycles. The molecule has 14 heavy (non-hydrogen) atoms. The van der Waals surface area contributed by atoms with Crippen molar-refractivity contribution in [1.82, 2.24) is 0 Å². The van der Waals surface area contributed by atoms with Crippen LogP contribution in [0.15, 0.2) is 18.2 Å². The summed E-state index contributed by atoms with van der Waals surface area (Å²) < 4.78 is 0. The molecule has 3 heteroatoms. The maximum Gasteiger partial charge on any atom is 0.150 e. The van der Waals surface area contributed by atoms with Gasteiger partial charge in [0.15, 0.2) is 0 Å². The van der Waals surface area contributed by atoms with Gasteiger partial charge >= 0.3 is 0 Å². The number of halogens is 1. The van der Waals surface area contributed by atoms with E-state index >= 15 is 0 Å². The Hall–Kier alpha value is -1.30. The number of rotatable bonds is 2. The van der Waals surface area contributed by atoms with Crippen molar-refractivity contribution < 1.29 is 4.79 Å². The van der Waals surface area contributed by atoms with Gasteiger partial charge in [0.2, 0.25) is 0 Å². The lowest BCUT2D eigenvalue weighted by Crippen LogP contribution is -1.95. The Morgan fingerprint density at radius 1 is 1.50 bits per heavy atom. The quantitative estimate of drug-likeness (QED) is 0.594. The van der Waals surface area contributed by atoms with E-state index in [1.807, 2.05) is 0 Å². The highest BCUT2D eigenvalue weighted by Gasteiger charge is 1.97. The van der Waals surface area contributed by atoms with E-state index in [-0.39, 0.29) is 0 Å². The highest BCUT2D eigenvalue weighted by Crippen LogP contribution is 2.15. The first kappa shape index (κ1) is 10.8. The Bertz CT molecular complexity index is 390. The van der Waals surface area contributed by atoms with Crippen molar-refractivity contribution >= 4 is 17.9 Å². The lowest BCUT2D eigenvalue weighted by molar-refractivity contribution is 0.112. The second-order valence-electron chi connectivity index (χ2n) is 2.70. The summed E-state index contributed by atoms with van der Waals surface area (Å²) in [4.78, 5) is 10.4. The van der Waals surface area contributed by atoms with Crippen molar-refractivity contribution in [2.45, 2.75) is 6.42 Å². The van der Waals surface area contributed by atoms with Gasteiger partial charge in [-0.25, -0.2) is 0 Å². The molecule has 0 fully saturated rings. The van der Waals surface area contributed by atoms with Crippen LogP contribution in [-0.4, -0.2) is 12.8 Å². The zero-order chi connectivity index (χ0) is 10.4. The molecule has 0 aliphatic heterocycles. The van der Waals surface area contributed by atoms with Crippen LogP contribution in [0, 0.1) is 11.8 Å². The first-order valence-electron chi connectivity index (χ1n) is 4.21. The number of hydrogen-bond acceptors (Lipinski definition) is 2. The summed E-state index contributed by atoms with van der Waals surface area (Å²) in [6.07, 6.45) is 1.40. The van der Waals surface area contributed by atoms with Crippen LogP contribution < -0.4 is 5.73 Å². The minimum absolute atomic E-state index is 0.499. The molecule has 1 rings (SSSR count). The zero-order valence-electron chi connectivity index (χ0n) is 7.59. The van der Waals surface area contributed by atoms with E-state index in [4.69, 9.17) is 17.3 Å². The SMILES string of the molecule is NCCC#Cc1ccc(C=O)cc1Cl. The molecule has 1 aromatic rings. The molecule has 0 aliphatic carbocycles. The second-order valence-corrected chi connectivity index (χ2v) is 3.10. The van der Waals surface area contributed by atoms with Crippen molar-refractivity contribution in [2.75, 3.05) is 6.54 Å². The van der Waals surface area contributed by atoms with Gasteiger partial charge in [0.05, 0.1) is 5.02 Å². The molecule has 0 bridgehead atoms. The first-order valence-corrected chi connectivity index (χ1v) is 4.59. The van der Waals surface area contributed by atoms with Gasteiger partial charge in [-0.3, -0.25) is 4.79 Å². The van der Waals surface area contributed by atoms with Crippen LogP contribution >= 0.6 is 11.6 Å². The fraction of sp³-hybridized carbons (Fsp3) is 0.182. The fourth-order valence-corrected chi connectivity index (χ4v) is 1.17. The van der Waals surface area contributed by atoms with Crippen LogP contribution in [-0.2, 0) is 0 Å². The molecule has 0 heterocycles. The maximum atomic E-state index is 10.4. The topological polar surface area (TPSA) is 43.1 Å². The Morgan fingerprint density at radius 3 is 2.86 bits per heavy atom. The van der Waals surface area contributed by atoms with Gasteiger partial charge < -0.3 is 5.73 Å². The molecule has 0 aromatic heterocycles. The van der Waals surface area contributed by atoms with E-state index in [0.717, 1.165) is 11.8 Å². The van der Waals surface area contributed by atoms with E-state index in [2.05, 4.69) is 11.8 Å². The lowest BCUT2D eigenvalue weighted by Gasteiger charge is -1.95. The van der Waals surface area contributed by atoms with E-state index in [9.17, 15) is 4.79 Å². The van der Waals surface area contributed by atoms with Gasteiger partial charge in [-0.2, -0.15) is 0 Å². The average molecular weight is 208 g/mol. The highest BCUT2D eigenvalue weighted by molar-refractivity contribution is 6.32. The van der Waals surface area contributed by atoms with E-state index in [0.29, 0.717) is 23.6 Å². The number of aldehydes is 1. The number of carbonyl (C=O) groups excluding carboxylic acids is 1. The van der Waals surface area contributed by atoms with Gasteiger partial charge in [0.25, 0.3) is 0 Å². The summed E-state index contributed by atoms with van der Waals surface area (Å²) in [7, 11) is 0. The van der Waals surface area contributed by atoms with Crippen LogP contribution in [0.3, 0.4) is 0 Å². The van der Waals surface area contributed by atoms with Gasteiger partial charge in [0, 0.05) is 24.1 Å². The van der Waals surface area contributed by atoms with E-state index in [1.165, 1.54) is 0 Å². The van der Waals surface area contributed by atoms with Crippen molar-refractivity contribution in [3.63, 3.8) is 0 Å². The molecular weight excluding hydrogens is 198 g/mol. The summed E-state index contributed by atoms with van der Waals surface area (Å²) in [5, 5.41) is 0.499. The molecule has 72 valence electrons. The van der Waals surface area contributed by atoms with Gasteiger partial charge in [-0.1, -0.05) is 29.5 Å². The van der Waals surface area contributed by atoms with Crippen molar-refractivity contribution in [2.24, 2.45) is 5.73 Å². The Labute approximate surface area is 88.1 Å². The van der Waals surface area contributed by atoms with Crippen LogP contribution in [0.2, 0.25) is 5.02 Å². The third-order valence-electron chi connectivity index (χ3n) is 1.62. The molecule has 2 nitrogen and oxygen atoms in total. The minimum Gasteiger partial charge on any atom is -0.330 e. The summed E-state index contributed by atoms with van der Waals surface area (Å²) in [5.41, 5.74) is 6.58. The van der Waals surface area contributed by atoms with Crippen LogP contribution in [0.5, 0.6) is 0 Å². The smallest absolute Gasteiger partial charge is 0.150 e. The molecular formula is C11H10ClNO. The van der Waals surface area contributed by atoms with Gasteiger partial charge in [0.1, 0.15) is 6.29 Å². The average Bonchev–Trinajstić information content (AvgIpc) is 2.20. The summed E-state index contributed by atoms with van der Waals surface area (Å²) in [5.74, 6) is 5.77. The van der Waals surface area contributed by atoms with Crippen LogP contribution in [0.1, 0.15) is 22.3 Å². The van der Waals surface area contributed by atoms with Crippen molar-refractivity contribution in [1.29, 1.82) is 0 Å².